The third kappa shape index (κ3) is 4.07. The Morgan fingerprint density at radius 3 is 2.95 bits per heavy atom. The molecule has 0 saturated heterocycles. The molecule has 4 nitrogen and oxygen atoms in total. The van der Waals surface area contributed by atoms with Crippen LogP contribution in [0.5, 0.6) is 0 Å². The number of pyridine rings is 1. The van der Waals surface area contributed by atoms with Crippen LogP contribution < -0.4 is 0 Å². The van der Waals surface area contributed by atoms with Gasteiger partial charge in [-0.3, -0.25) is 9.78 Å². The first-order valence-corrected chi connectivity index (χ1v) is 7.08. The summed E-state index contributed by atoms with van der Waals surface area (Å²) >= 11 is 0. The van der Waals surface area contributed by atoms with Crippen molar-refractivity contribution in [1.82, 2.24) is 9.88 Å². The van der Waals surface area contributed by atoms with E-state index in [2.05, 4.69) is 23.7 Å². The summed E-state index contributed by atoms with van der Waals surface area (Å²) in [5.41, 5.74) is 1.23. The normalized spacial score (nSPS) is 13.5. The molecule has 20 heavy (non-hydrogen) atoms. The van der Waals surface area contributed by atoms with Gasteiger partial charge in [0, 0.05) is 31.0 Å². The Morgan fingerprint density at radius 2 is 2.30 bits per heavy atom. The largest absolute Gasteiger partial charge is 0.384 e. The minimum atomic E-state index is -0.193. The second kappa shape index (κ2) is 7.06. The van der Waals surface area contributed by atoms with E-state index in [1.54, 1.807) is 18.5 Å². The zero-order valence-electron chi connectivity index (χ0n) is 11.8. The summed E-state index contributed by atoms with van der Waals surface area (Å²) in [6.07, 6.45) is 6.60. The highest BCUT2D eigenvalue weighted by Crippen LogP contribution is 2.30. The van der Waals surface area contributed by atoms with E-state index >= 15 is 0 Å². The molecule has 1 amide bonds. The number of hydrogen-bond donors (Lipinski definition) is 1. The first kappa shape index (κ1) is 14.5. The zero-order chi connectivity index (χ0) is 14.4. The third-order valence-electron chi connectivity index (χ3n) is 3.25. The fourth-order valence-electron chi connectivity index (χ4n) is 2.11. The molecule has 0 bridgehead atoms. The number of aliphatic hydroxyl groups is 1. The molecule has 1 aliphatic carbocycles. The summed E-state index contributed by atoms with van der Waals surface area (Å²) in [5.74, 6) is 6.05. The van der Waals surface area contributed by atoms with Gasteiger partial charge in [-0.2, -0.15) is 0 Å². The lowest BCUT2D eigenvalue weighted by Crippen LogP contribution is -2.33. The molecule has 4 heteroatoms. The van der Waals surface area contributed by atoms with Crippen LogP contribution in [0, 0.1) is 17.8 Å². The molecule has 1 saturated carbocycles. The van der Waals surface area contributed by atoms with Crippen LogP contribution in [-0.2, 0) is 0 Å². The maximum absolute atomic E-state index is 12.5. The van der Waals surface area contributed by atoms with E-state index in [-0.39, 0.29) is 12.5 Å². The molecular formula is C16H20N2O2. The number of amides is 1. The van der Waals surface area contributed by atoms with Crippen molar-refractivity contribution in [2.45, 2.75) is 26.2 Å². The second-order valence-corrected chi connectivity index (χ2v) is 5.12. The van der Waals surface area contributed by atoms with Crippen molar-refractivity contribution in [3.63, 3.8) is 0 Å². The van der Waals surface area contributed by atoms with E-state index in [0.717, 1.165) is 19.5 Å². The van der Waals surface area contributed by atoms with Crippen molar-refractivity contribution in [3.05, 3.63) is 29.6 Å². The summed E-state index contributed by atoms with van der Waals surface area (Å²) in [6.45, 7) is 3.51. The van der Waals surface area contributed by atoms with E-state index in [9.17, 15) is 4.79 Å². The van der Waals surface area contributed by atoms with Crippen LogP contribution in [0.1, 0.15) is 42.1 Å². The van der Waals surface area contributed by atoms with Gasteiger partial charge in [0.15, 0.2) is 0 Å². The highest BCUT2D eigenvalue weighted by Gasteiger charge is 2.26. The van der Waals surface area contributed by atoms with Gasteiger partial charge < -0.3 is 10.0 Å². The lowest BCUT2D eigenvalue weighted by atomic mass is 10.1. The Balaban J connectivity index is 2.12. The van der Waals surface area contributed by atoms with Gasteiger partial charge in [-0.15, -0.1) is 0 Å². The Kier molecular flexibility index (Phi) is 5.14. The molecule has 0 aliphatic heterocycles. The number of rotatable bonds is 5. The fraction of sp³-hybridized carbons (Fsp3) is 0.500. The summed E-state index contributed by atoms with van der Waals surface area (Å²) in [5, 5.41) is 8.70. The smallest absolute Gasteiger partial charge is 0.255 e. The molecule has 1 N–H and O–H groups in total. The molecule has 1 fully saturated rings. The molecule has 0 aromatic carbocycles. The predicted octanol–water partition coefficient (Wildman–Crippen LogP) is 1.69. The number of nitrogens with zero attached hydrogens (tertiary/aromatic N) is 2. The molecule has 0 unspecified atom stereocenters. The molecule has 1 heterocycles. The van der Waals surface area contributed by atoms with Gasteiger partial charge in [0.1, 0.15) is 6.61 Å². The quantitative estimate of drug-likeness (QED) is 0.830. The maximum Gasteiger partial charge on any atom is 0.255 e. The molecule has 0 radical (unpaired) electrons. The lowest BCUT2D eigenvalue weighted by molar-refractivity contribution is 0.0747. The van der Waals surface area contributed by atoms with Gasteiger partial charge in [0.05, 0.1) is 5.56 Å². The van der Waals surface area contributed by atoms with Crippen molar-refractivity contribution in [1.29, 1.82) is 0 Å². The molecule has 1 aromatic rings. The maximum atomic E-state index is 12.5. The standard InChI is InChI=1S/C16H20N2O2/c1-2-7-18(12-13-5-6-13)16(20)15-9-14(4-3-8-19)10-17-11-15/h9-11,13,19H,2,5-8,12H2,1H3. The molecule has 0 spiro atoms. The predicted molar refractivity (Wildman–Crippen MR) is 77.1 cm³/mol. The van der Waals surface area contributed by atoms with Gasteiger partial charge >= 0.3 is 0 Å². The van der Waals surface area contributed by atoms with E-state index in [0.29, 0.717) is 17.0 Å². The van der Waals surface area contributed by atoms with Crippen molar-refractivity contribution >= 4 is 5.91 Å². The summed E-state index contributed by atoms with van der Waals surface area (Å²) in [7, 11) is 0. The summed E-state index contributed by atoms with van der Waals surface area (Å²) in [6, 6.07) is 1.74. The number of aromatic nitrogens is 1. The topological polar surface area (TPSA) is 53.4 Å². The first-order valence-electron chi connectivity index (χ1n) is 7.08. The van der Waals surface area contributed by atoms with Crippen LogP contribution in [0.3, 0.4) is 0 Å². The van der Waals surface area contributed by atoms with E-state index in [1.165, 1.54) is 12.8 Å². The minimum absolute atomic E-state index is 0.0268. The Bertz CT molecular complexity index is 527. The van der Waals surface area contributed by atoms with Crippen molar-refractivity contribution in [3.8, 4) is 11.8 Å². The fourth-order valence-corrected chi connectivity index (χ4v) is 2.11. The molecule has 1 aliphatic rings. The Labute approximate surface area is 119 Å². The Morgan fingerprint density at radius 1 is 1.50 bits per heavy atom. The average molecular weight is 272 g/mol. The molecule has 1 aromatic heterocycles. The molecule has 0 atom stereocenters. The van der Waals surface area contributed by atoms with Crippen molar-refractivity contribution in [2.75, 3.05) is 19.7 Å². The monoisotopic (exact) mass is 272 g/mol. The lowest BCUT2D eigenvalue weighted by Gasteiger charge is -2.22. The molecular weight excluding hydrogens is 252 g/mol. The highest BCUT2D eigenvalue weighted by atomic mass is 16.2. The van der Waals surface area contributed by atoms with Crippen LogP contribution in [0.25, 0.3) is 0 Å². The SMILES string of the molecule is CCCN(CC1CC1)C(=O)c1cncc(C#CCO)c1. The van der Waals surface area contributed by atoms with Crippen molar-refractivity contribution in [2.24, 2.45) is 5.92 Å². The van der Waals surface area contributed by atoms with Gasteiger partial charge in [0.2, 0.25) is 0 Å². The molecule has 106 valence electrons. The Hall–Kier alpha value is -1.86. The van der Waals surface area contributed by atoms with Gasteiger partial charge in [-0.1, -0.05) is 18.8 Å². The van der Waals surface area contributed by atoms with E-state index in [4.69, 9.17) is 5.11 Å². The van der Waals surface area contributed by atoms with Gasteiger partial charge in [-0.25, -0.2) is 0 Å². The van der Waals surface area contributed by atoms with Crippen LogP contribution in [0.4, 0.5) is 0 Å². The van der Waals surface area contributed by atoms with Crippen LogP contribution in [-0.4, -0.2) is 40.6 Å². The number of carbonyl (C=O) groups excluding carboxylic acids is 1. The number of carbonyl (C=O) groups is 1. The first-order chi connectivity index (χ1) is 9.74. The second-order valence-electron chi connectivity index (χ2n) is 5.12. The van der Waals surface area contributed by atoms with Crippen LogP contribution in [0.2, 0.25) is 0 Å². The number of aliphatic hydroxyl groups excluding tert-OH is 1. The van der Waals surface area contributed by atoms with E-state index in [1.807, 2.05) is 4.90 Å². The highest BCUT2D eigenvalue weighted by molar-refractivity contribution is 5.94. The average Bonchev–Trinajstić information content (AvgIpc) is 3.28. The van der Waals surface area contributed by atoms with Gasteiger partial charge in [-0.05, 0) is 31.2 Å². The third-order valence-corrected chi connectivity index (χ3v) is 3.25. The van der Waals surface area contributed by atoms with Crippen molar-refractivity contribution < 1.29 is 9.90 Å². The zero-order valence-corrected chi connectivity index (χ0v) is 11.8. The van der Waals surface area contributed by atoms with Crippen LogP contribution >= 0.6 is 0 Å². The molecule has 2 rings (SSSR count). The summed E-state index contributed by atoms with van der Waals surface area (Å²) in [4.78, 5) is 18.5. The number of hydrogen-bond acceptors (Lipinski definition) is 3. The van der Waals surface area contributed by atoms with Crippen LogP contribution in [0.15, 0.2) is 18.5 Å². The van der Waals surface area contributed by atoms with Gasteiger partial charge in [0.25, 0.3) is 5.91 Å². The summed E-state index contributed by atoms with van der Waals surface area (Å²) < 4.78 is 0. The minimum Gasteiger partial charge on any atom is -0.384 e. The van der Waals surface area contributed by atoms with E-state index < -0.39 is 0 Å².